The zero-order chi connectivity index (χ0) is 25.3. The SMILES string of the molecule is C=CC(=O)OCCOCC(CCOCCO)(CCOCCOCCO)COCCOC(=O)C=C. The molecule has 0 atom stereocenters. The van der Waals surface area contributed by atoms with E-state index in [1.54, 1.807) is 0 Å². The van der Waals surface area contributed by atoms with Crippen LogP contribution in [0.4, 0.5) is 0 Å². The predicted octanol–water partition coefficient (Wildman–Crippen LogP) is 0.279. The number of carbonyl (C=O) groups excluding carboxylic acids is 2. The number of ether oxygens (including phenoxy) is 7. The van der Waals surface area contributed by atoms with Gasteiger partial charge in [-0.25, -0.2) is 9.59 Å². The number of carbonyl (C=O) groups is 2. The summed E-state index contributed by atoms with van der Waals surface area (Å²) in [5.74, 6) is -1.05. The fourth-order valence-electron chi connectivity index (χ4n) is 2.68. The molecule has 0 rings (SSSR count). The normalized spacial score (nSPS) is 11.2. The van der Waals surface area contributed by atoms with Crippen molar-refractivity contribution >= 4 is 11.9 Å². The monoisotopic (exact) mass is 492 g/mol. The van der Waals surface area contributed by atoms with Crippen LogP contribution in [0.3, 0.4) is 0 Å². The highest BCUT2D eigenvalue weighted by Crippen LogP contribution is 2.28. The van der Waals surface area contributed by atoms with Gasteiger partial charge in [0.25, 0.3) is 0 Å². The van der Waals surface area contributed by atoms with Crippen molar-refractivity contribution in [2.24, 2.45) is 5.41 Å². The standard InChI is InChI=1S/C23H40O11/c1-3-21(26)33-17-15-31-19-23(5-9-28-11-7-24,6-10-29-13-14-30-12-8-25)20-32-16-18-34-22(27)4-2/h3-4,24-25H,1-2,5-20H2. The molecule has 2 N–H and O–H groups in total. The van der Waals surface area contributed by atoms with E-state index in [0.29, 0.717) is 39.3 Å². The van der Waals surface area contributed by atoms with E-state index in [1.165, 1.54) is 0 Å². The first-order chi connectivity index (χ1) is 16.5. The lowest BCUT2D eigenvalue weighted by Gasteiger charge is -2.33. The molecular formula is C23H40O11. The summed E-state index contributed by atoms with van der Waals surface area (Å²) in [7, 11) is 0. The van der Waals surface area contributed by atoms with Gasteiger partial charge in [-0.15, -0.1) is 0 Å². The van der Waals surface area contributed by atoms with Crippen molar-refractivity contribution in [3.63, 3.8) is 0 Å². The summed E-state index contributed by atoms with van der Waals surface area (Å²) in [6, 6.07) is 0. The molecule has 11 nitrogen and oxygen atoms in total. The van der Waals surface area contributed by atoms with Crippen LogP contribution in [0.25, 0.3) is 0 Å². The first kappa shape index (κ1) is 32.1. The Hall–Kier alpha value is -1.86. The Morgan fingerprint density at radius 3 is 1.38 bits per heavy atom. The quantitative estimate of drug-likeness (QED) is 0.103. The smallest absolute Gasteiger partial charge is 0.330 e. The van der Waals surface area contributed by atoms with E-state index in [0.717, 1.165) is 12.2 Å². The average molecular weight is 493 g/mol. The maximum absolute atomic E-state index is 11.2. The van der Waals surface area contributed by atoms with E-state index < -0.39 is 17.4 Å². The molecule has 0 aliphatic rings. The molecule has 0 heterocycles. The molecule has 0 aromatic heterocycles. The second-order valence-electron chi connectivity index (χ2n) is 7.13. The zero-order valence-electron chi connectivity index (χ0n) is 20.0. The molecule has 0 amide bonds. The van der Waals surface area contributed by atoms with E-state index >= 15 is 0 Å². The van der Waals surface area contributed by atoms with Gasteiger partial charge in [-0.2, -0.15) is 0 Å². The minimum absolute atomic E-state index is 0.0458. The molecule has 0 aliphatic heterocycles. The molecular weight excluding hydrogens is 452 g/mol. The van der Waals surface area contributed by atoms with Crippen LogP contribution < -0.4 is 0 Å². The summed E-state index contributed by atoms with van der Waals surface area (Å²) in [5, 5.41) is 17.7. The highest BCUT2D eigenvalue weighted by atomic mass is 16.6. The molecule has 34 heavy (non-hydrogen) atoms. The second-order valence-corrected chi connectivity index (χ2v) is 7.13. The Bertz CT molecular complexity index is 509. The molecule has 0 fully saturated rings. The maximum atomic E-state index is 11.2. The second kappa shape index (κ2) is 22.9. The fraction of sp³-hybridized carbons (Fsp3) is 0.739. The van der Waals surface area contributed by atoms with E-state index in [2.05, 4.69) is 13.2 Å². The van der Waals surface area contributed by atoms with Gasteiger partial charge in [0.15, 0.2) is 0 Å². The summed E-state index contributed by atoms with van der Waals surface area (Å²) in [5.41, 5.74) is -0.508. The van der Waals surface area contributed by atoms with Gasteiger partial charge in [-0.05, 0) is 12.8 Å². The van der Waals surface area contributed by atoms with Crippen molar-refractivity contribution in [1.29, 1.82) is 0 Å². The van der Waals surface area contributed by atoms with Gasteiger partial charge >= 0.3 is 11.9 Å². The van der Waals surface area contributed by atoms with Crippen LogP contribution in [-0.4, -0.2) is 115 Å². The van der Waals surface area contributed by atoms with Gasteiger partial charge in [-0.3, -0.25) is 0 Å². The highest BCUT2D eigenvalue weighted by Gasteiger charge is 2.31. The van der Waals surface area contributed by atoms with Crippen molar-refractivity contribution in [2.75, 3.05) is 92.5 Å². The summed E-state index contributed by atoms with van der Waals surface area (Å²) in [6.45, 7) is 9.61. The number of rotatable bonds is 25. The first-order valence-corrected chi connectivity index (χ1v) is 11.2. The van der Waals surface area contributed by atoms with Gasteiger partial charge in [0.1, 0.15) is 13.2 Å². The summed E-state index contributed by atoms with van der Waals surface area (Å²) in [6.07, 6.45) is 3.28. The van der Waals surface area contributed by atoms with Gasteiger partial charge in [0.05, 0.1) is 66.1 Å². The summed E-state index contributed by atoms with van der Waals surface area (Å²) < 4.78 is 37.7. The third-order valence-corrected chi connectivity index (χ3v) is 4.49. The van der Waals surface area contributed by atoms with E-state index in [-0.39, 0.29) is 66.1 Å². The third-order valence-electron chi connectivity index (χ3n) is 4.49. The molecule has 0 aromatic carbocycles. The summed E-state index contributed by atoms with van der Waals surface area (Å²) >= 11 is 0. The number of esters is 2. The van der Waals surface area contributed by atoms with Gasteiger partial charge in [0, 0.05) is 30.8 Å². The van der Waals surface area contributed by atoms with Crippen LogP contribution in [0.15, 0.2) is 25.3 Å². The van der Waals surface area contributed by atoms with E-state index in [1.807, 2.05) is 0 Å². The lowest BCUT2D eigenvalue weighted by Crippen LogP contribution is -2.36. The van der Waals surface area contributed by atoms with Crippen LogP contribution in [-0.2, 0) is 42.7 Å². The average Bonchev–Trinajstić information content (AvgIpc) is 2.85. The van der Waals surface area contributed by atoms with Crippen molar-refractivity contribution < 1.29 is 53.0 Å². The number of aliphatic hydroxyl groups is 2. The molecule has 0 saturated carbocycles. The molecule has 198 valence electrons. The van der Waals surface area contributed by atoms with Crippen molar-refractivity contribution in [2.45, 2.75) is 12.8 Å². The van der Waals surface area contributed by atoms with Crippen LogP contribution in [0.5, 0.6) is 0 Å². The Kier molecular flexibility index (Phi) is 21.7. The number of aliphatic hydroxyl groups excluding tert-OH is 2. The number of hydrogen-bond donors (Lipinski definition) is 2. The van der Waals surface area contributed by atoms with Crippen LogP contribution in [0.2, 0.25) is 0 Å². The Morgan fingerprint density at radius 2 is 0.971 bits per heavy atom. The molecule has 0 unspecified atom stereocenters. The zero-order valence-corrected chi connectivity index (χ0v) is 20.0. The maximum Gasteiger partial charge on any atom is 0.330 e. The largest absolute Gasteiger partial charge is 0.460 e. The van der Waals surface area contributed by atoms with Crippen molar-refractivity contribution in [1.82, 2.24) is 0 Å². The molecule has 0 spiro atoms. The van der Waals surface area contributed by atoms with Crippen LogP contribution in [0, 0.1) is 5.41 Å². The van der Waals surface area contributed by atoms with Gasteiger partial charge in [0.2, 0.25) is 0 Å². The molecule has 0 aromatic rings. The van der Waals surface area contributed by atoms with E-state index in [9.17, 15) is 9.59 Å². The minimum atomic E-state index is -0.526. The Labute approximate surface area is 201 Å². The van der Waals surface area contributed by atoms with Crippen molar-refractivity contribution in [3.05, 3.63) is 25.3 Å². The topological polar surface area (TPSA) is 139 Å². The molecule has 0 bridgehead atoms. The van der Waals surface area contributed by atoms with Gasteiger partial charge in [-0.1, -0.05) is 13.2 Å². The highest BCUT2D eigenvalue weighted by molar-refractivity contribution is 5.81. The van der Waals surface area contributed by atoms with E-state index in [4.69, 9.17) is 43.4 Å². The fourth-order valence-corrected chi connectivity index (χ4v) is 2.68. The molecule has 11 heteroatoms. The number of hydrogen-bond acceptors (Lipinski definition) is 11. The summed E-state index contributed by atoms with van der Waals surface area (Å²) in [4.78, 5) is 22.4. The predicted molar refractivity (Wildman–Crippen MR) is 122 cm³/mol. The minimum Gasteiger partial charge on any atom is -0.460 e. The molecule has 0 radical (unpaired) electrons. The lowest BCUT2D eigenvalue weighted by atomic mass is 9.83. The van der Waals surface area contributed by atoms with Gasteiger partial charge < -0.3 is 43.4 Å². The lowest BCUT2D eigenvalue weighted by molar-refractivity contribution is -0.140. The molecule has 0 saturated heterocycles. The molecule has 0 aliphatic carbocycles. The van der Waals surface area contributed by atoms with Crippen LogP contribution in [0.1, 0.15) is 12.8 Å². The Morgan fingerprint density at radius 1 is 0.588 bits per heavy atom. The third kappa shape index (κ3) is 18.6. The Balaban J connectivity index is 4.86. The van der Waals surface area contributed by atoms with Crippen LogP contribution >= 0.6 is 0 Å². The van der Waals surface area contributed by atoms with Crippen molar-refractivity contribution in [3.8, 4) is 0 Å². The first-order valence-electron chi connectivity index (χ1n) is 11.2.